The van der Waals surface area contributed by atoms with E-state index in [4.69, 9.17) is 21.1 Å². The van der Waals surface area contributed by atoms with Crippen molar-refractivity contribution in [2.24, 2.45) is 0 Å². The highest BCUT2D eigenvalue weighted by Gasteiger charge is 2.25. The van der Waals surface area contributed by atoms with E-state index in [1.807, 2.05) is 83.8 Å². The van der Waals surface area contributed by atoms with Crippen molar-refractivity contribution < 1.29 is 19.1 Å². The summed E-state index contributed by atoms with van der Waals surface area (Å²) in [5.41, 5.74) is 3.26. The first-order chi connectivity index (χ1) is 19.0. The number of esters is 1. The van der Waals surface area contributed by atoms with Crippen molar-refractivity contribution in [1.82, 2.24) is 9.80 Å². The summed E-state index contributed by atoms with van der Waals surface area (Å²) in [5.74, 6) is -0.285. The minimum atomic E-state index is -0.361. The zero-order valence-electron chi connectivity index (χ0n) is 21.9. The molecule has 1 aliphatic rings. The van der Waals surface area contributed by atoms with Crippen LogP contribution in [0.2, 0.25) is 5.02 Å². The van der Waals surface area contributed by atoms with E-state index in [9.17, 15) is 9.59 Å². The number of rotatable bonds is 8. The van der Waals surface area contributed by atoms with E-state index in [0.717, 1.165) is 40.6 Å². The molecule has 7 heteroatoms. The van der Waals surface area contributed by atoms with Gasteiger partial charge in [-0.25, -0.2) is 4.79 Å². The molecule has 4 aromatic rings. The minimum absolute atomic E-state index is 0.0763. The molecule has 4 aromatic carbocycles. The Morgan fingerprint density at radius 1 is 0.846 bits per heavy atom. The van der Waals surface area contributed by atoms with Gasteiger partial charge in [0.1, 0.15) is 0 Å². The van der Waals surface area contributed by atoms with Gasteiger partial charge < -0.3 is 14.4 Å². The molecule has 0 aliphatic carbocycles. The molecule has 0 saturated carbocycles. The average molecular weight is 543 g/mol. The molecule has 1 amide bonds. The van der Waals surface area contributed by atoms with Crippen LogP contribution in [0.15, 0.2) is 91.0 Å². The smallest absolute Gasteiger partial charge is 0.337 e. The number of fused-ring (bicyclic) bond motifs is 1. The third-order valence-corrected chi connectivity index (χ3v) is 7.42. The third kappa shape index (κ3) is 6.48. The van der Waals surface area contributed by atoms with E-state index in [2.05, 4.69) is 4.90 Å². The normalized spacial score (nSPS) is 14.8. The van der Waals surface area contributed by atoms with Crippen LogP contribution in [-0.2, 0) is 16.1 Å². The SMILES string of the molecule is COC(=O)c1ccc(CO[C@H](CN2CCN(C(=O)c3cccc4ccccc34)CC2)c2ccc(Cl)cc2)cc1. The summed E-state index contributed by atoms with van der Waals surface area (Å²) in [6.07, 6.45) is -0.178. The van der Waals surface area contributed by atoms with Gasteiger partial charge in [0.2, 0.25) is 0 Å². The Hall–Kier alpha value is -3.71. The number of amides is 1. The summed E-state index contributed by atoms with van der Waals surface area (Å²) in [5, 5.41) is 2.74. The standard InChI is InChI=1S/C32H31ClN2O4/c1-38-32(37)26-11-9-23(10-12-26)22-39-30(25-13-15-27(33)16-14-25)21-34-17-19-35(20-18-34)31(36)29-8-4-6-24-5-2-3-7-28(24)29/h2-16,30H,17-22H2,1H3/t30-/m1/s1. The molecule has 0 radical (unpaired) electrons. The van der Waals surface area contributed by atoms with Gasteiger partial charge in [0.05, 0.1) is 25.4 Å². The Labute approximate surface area is 233 Å². The fourth-order valence-electron chi connectivity index (χ4n) is 4.93. The molecule has 39 heavy (non-hydrogen) atoms. The number of ether oxygens (including phenoxy) is 2. The van der Waals surface area contributed by atoms with Crippen molar-refractivity contribution in [2.75, 3.05) is 39.8 Å². The summed E-state index contributed by atoms with van der Waals surface area (Å²) < 4.78 is 11.2. The van der Waals surface area contributed by atoms with Gasteiger partial charge in [0.25, 0.3) is 5.91 Å². The summed E-state index contributed by atoms with van der Waals surface area (Å²) in [6, 6.07) is 28.9. The van der Waals surface area contributed by atoms with Crippen LogP contribution in [0.5, 0.6) is 0 Å². The van der Waals surface area contributed by atoms with Gasteiger partial charge in [-0.2, -0.15) is 0 Å². The number of halogens is 1. The molecule has 5 rings (SSSR count). The number of hydrogen-bond donors (Lipinski definition) is 0. The summed E-state index contributed by atoms with van der Waals surface area (Å²) in [6.45, 7) is 3.93. The maximum absolute atomic E-state index is 13.4. The van der Waals surface area contributed by atoms with E-state index in [1.54, 1.807) is 12.1 Å². The van der Waals surface area contributed by atoms with Crippen LogP contribution >= 0.6 is 11.6 Å². The van der Waals surface area contributed by atoms with Crippen LogP contribution in [0, 0.1) is 0 Å². The molecular formula is C32H31ClN2O4. The highest BCUT2D eigenvalue weighted by Crippen LogP contribution is 2.25. The monoisotopic (exact) mass is 542 g/mol. The van der Waals surface area contributed by atoms with Crippen LogP contribution in [0.3, 0.4) is 0 Å². The van der Waals surface area contributed by atoms with E-state index < -0.39 is 0 Å². The van der Waals surface area contributed by atoms with E-state index in [-0.39, 0.29) is 18.0 Å². The quantitative estimate of drug-likeness (QED) is 0.256. The molecular weight excluding hydrogens is 512 g/mol. The fourth-order valence-corrected chi connectivity index (χ4v) is 5.06. The van der Waals surface area contributed by atoms with Crippen LogP contribution in [0.25, 0.3) is 10.8 Å². The number of hydrogen-bond acceptors (Lipinski definition) is 5. The number of benzene rings is 4. The molecule has 0 spiro atoms. The molecule has 0 bridgehead atoms. The first kappa shape index (κ1) is 26.9. The number of carbonyl (C=O) groups is 2. The topological polar surface area (TPSA) is 59.1 Å². The average Bonchev–Trinajstić information content (AvgIpc) is 2.99. The fraction of sp³-hybridized carbons (Fsp3) is 0.250. The second-order valence-electron chi connectivity index (χ2n) is 9.66. The lowest BCUT2D eigenvalue weighted by Crippen LogP contribution is -2.49. The van der Waals surface area contributed by atoms with Gasteiger partial charge in [-0.3, -0.25) is 9.69 Å². The second kappa shape index (κ2) is 12.4. The van der Waals surface area contributed by atoms with Crippen LogP contribution in [-0.4, -0.2) is 61.5 Å². The maximum Gasteiger partial charge on any atom is 0.337 e. The van der Waals surface area contributed by atoms with Crippen molar-refractivity contribution in [2.45, 2.75) is 12.7 Å². The molecule has 1 atom stereocenters. The van der Waals surface area contributed by atoms with Gasteiger partial charge >= 0.3 is 5.97 Å². The Morgan fingerprint density at radius 3 is 2.26 bits per heavy atom. The number of carbonyl (C=O) groups excluding carboxylic acids is 2. The summed E-state index contributed by atoms with van der Waals surface area (Å²) >= 11 is 6.14. The molecule has 0 unspecified atom stereocenters. The largest absolute Gasteiger partial charge is 0.465 e. The molecule has 200 valence electrons. The van der Waals surface area contributed by atoms with Crippen molar-refractivity contribution in [3.8, 4) is 0 Å². The lowest BCUT2D eigenvalue weighted by Gasteiger charge is -2.36. The zero-order valence-corrected chi connectivity index (χ0v) is 22.6. The maximum atomic E-state index is 13.4. The van der Waals surface area contributed by atoms with Crippen molar-refractivity contribution >= 4 is 34.2 Å². The van der Waals surface area contributed by atoms with Gasteiger partial charge in [0, 0.05) is 43.3 Å². The highest BCUT2D eigenvalue weighted by molar-refractivity contribution is 6.30. The molecule has 6 nitrogen and oxygen atoms in total. The molecule has 1 fully saturated rings. The predicted octanol–water partition coefficient (Wildman–Crippen LogP) is 6.00. The highest BCUT2D eigenvalue weighted by atomic mass is 35.5. The van der Waals surface area contributed by atoms with Gasteiger partial charge in [-0.15, -0.1) is 0 Å². The van der Waals surface area contributed by atoms with Crippen molar-refractivity contribution in [3.05, 3.63) is 118 Å². The number of piperazine rings is 1. The first-order valence-electron chi connectivity index (χ1n) is 13.1. The molecule has 1 aliphatic heterocycles. The zero-order chi connectivity index (χ0) is 27.2. The second-order valence-corrected chi connectivity index (χ2v) is 10.1. The minimum Gasteiger partial charge on any atom is -0.465 e. The van der Waals surface area contributed by atoms with E-state index >= 15 is 0 Å². The molecule has 0 aromatic heterocycles. The lowest BCUT2D eigenvalue weighted by molar-refractivity contribution is 0.00343. The molecule has 1 heterocycles. The Bertz CT molecular complexity index is 1430. The van der Waals surface area contributed by atoms with Crippen LogP contribution in [0.4, 0.5) is 0 Å². The van der Waals surface area contributed by atoms with E-state index in [1.165, 1.54) is 7.11 Å². The third-order valence-electron chi connectivity index (χ3n) is 7.17. The lowest BCUT2D eigenvalue weighted by atomic mass is 10.0. The predicted molar refractivity (Wildman–Crippen MR) is 153 cm³/mol. The van der Waals surface area contributed by atoms with Gasteiger partial charge in [-0.1, -0.05) is 72.3 Å². The first-order valence-corrected chi connectivity index (χ1v) is 13.4. The van der Waals surface area contributed by atoms with Gasteiger partial charge in [-0.05, 0) is 52.2 Å². The number of methoxy groups -OCH3 is 1. The molecule has 0 N–H and O–H groups in total. The van der Waals surface area contributed by atoms with Gasteiger partial charge in [0.15, 0.2) is 0 Å². The summed E-state index contributed by atoms with van der Waals surface area (Å²) in [4.78, 5) is 29.4. The number of nitrogens with zero attached hydrogens (tertiary/aromatic N) is 2. The van der Waals surface area contributed by atoms with E-state index in [0.29, 0.717) is 36.8 Å². The van der Waals surface area contributed by atoms with Crippen LogP contribution in [0.1, 0.15) is 37.9 Å². The molecule has 1 saturated heterocycles. The van der Waals surface area contributed by atoms with Crippen molar-refractivity contribution in [1.29, 1.82) is 0 Å². The Kier molecular flexibility index (Phi) is 8.57. The Morgan fingerprint density at radius 2 is 1.54 bits per heavy atom. The summed E-state index contributed by atoms with van der Waals surface area (Å²) in [7, 11) is 1.37. The van der Waals surface area contributed by atoms with Crippen LogP contribution < -0.4 is 0 Å². The Balaban J connectivity index is 1.23. The van der Waals surface area contributed by atoms with Crippen molar-refractivity contribution in [3.63, 3.8) is 0 Å².